The molecule has 0 unspecified atom stereocenters. The molecule has 0 spiro atoms. The molecule has 0 saturated heterocycles. The largest absolute Gasteiger partial charge is 0.391 e. The summed E-state index contributed by atoms with van der Waals surface area (Å²) in [7, 11) is -3.34. The second kappa shape index (κ2) is 11.3. The SMILES string of the molecule is CCS(=O)(=O)c1ccc(CNC(=O)c2cnc3c(c2)CN(CC2CCC(C(F)(F)F)CC2)[C@@H]3C(C)C)nc1. The van der Waals surface area contributed by atoms with Crippen LogP contribution in [0.2, 0.25) is 0 Å². The number of carbonyl (C=O) groups is 1. The number of rotatable bonds is 8. The minimum Gasteiger partial charge on any atom is -0.346 e. The van der Waals surface area contributed by atoms with Crippen molar-refractivity contribution < 1.29 is 26.4 Å². The third-order valence-electron chi connectivity index (χ3n) is 7.71. The van der Waals surface area contributed by atoms with E-state index in [0.29, 0.717) is 30.6 Å². The van der Waals surface area contributed by atoms with E-state index in [1.54, 1.807) is 19.2 Å². The number of aromatic nitrogens is 2. The quantitative estimate of drug-likeness (QED) is 0.491. The Morgan fingerprint density at radius 2 is 1.84 bits per heavy atom. The zero-order chi connectivity index (χ0) is 27.7. The Hall–Kier alpha value is -2.53. The lowest BCUT2D eigenvalue weighted by atomic mass is 9.81. The number of halogens is 3. The van der Waals surface area contributed by atoms with Crippen molar-refractivity contribution in [1.29, 1.82) is 0 Å². The first-order valence-corrected chi connectivity index (χ1v) is 14.8. The second-order valence-electron chi connectivity index (χ2n) is 10.7. The Morgan fingerprint density at radius 1 is 1.13 bits per heavy atom. The smallest absolute Gasteiger partial charge is 0.346 e. The summed E-state index contributed by atoms with van der Waals surface area (Å²) < 4.78 is 63.1. The van der Waals surface area contributed by atoms with E-state index in [-0.39, 0.29) is 53.8 Å². The van der Waals surface area contributed by atoms with Crippen molar-refractivity contribution in [2.45, 2.75) is 76.7 Å². The fourth-order valence-electron chi connectivity index (χ4n) is 5.59. The molecule has 1 aliphatic heterocycles. The molecular formula is C27H35F3N4O3S. The third-order valence-corrected chi connectivity index (χ3v) is 9.43. The normalized spacial score (nSPS) is 22.4. The maximum atomic E-state index is 13.1. The van der Waals surface area contributed by atoms with Gasteiger partial charge in [-0.15, -0.1) is 0 Å². The van der Waals surface area contributed by atoms with Gasteiger partial charge in [0.25, 0.3) is 5.91 Å². The van der Waals surface area contributed by atoms with Crippen molar-refractivity contribution >= 4 is 15.7 Å². The zero-order valence-corrected chi connectivity index (χ0v) is 22.8. The average molecular weight is 553 g/mol. The van der Waals surface area contributed by atoms with Crippen molar-refractivity contribution in [2.24, 2.45) is 17.8 Å². The fraction of sp³-hybridized carbons (Fsp3) is 0.593. The monoisotopic (exact) mass is 552 g/mol. The van der Waals surface area contributed by atoms with Gasteiger partial charge in [-0.1, -0.05) is 20.8 Å². The number of hydrogen-bond acceptors (Lipinski definition) is 6. The highest BCUT2D eigenvalue weighted by molar-refractivity contribution is 7.91. The molecule has 0 radical (unpaired) electrons. The predicted molar refractivity (Wildman–Crippen MR) is 137 cm³/mol. The van der Waals surface area contributed by atoms with Gasteiger partial charge in [-0.2, -0.15) is 13.2 Å². The summed E-state index contributed by atoms with van der Waals surface area (Å²) >= 11 is 0. The van der Waals surface area contributed by atoms with Gasteiger partial charge in [-0.3, -0.25) is 19.7 Å². The van der Waals surface area contributed by atoms with Crippen molar-refractivity contribution in [3.63, 3.8) is 0 Å². The number of amides is 1. The van der Waals surface area contributed by atoms with Crippen LogP contribution >= 0.6 is 0 Å². The van der Waals surface area contributed by atoms with E-state index in [4.69, 9.17) is 0 Å². The highest BCUT2D eigenvalue weighted by Gasteiger charge is 2.42. The topological polar surface area (TPSA) is 92.3 Å². The number of sulfone groups is 1. The molecule has 3 heterocycles. The first kappa shape index (κ1) is 28.5. The van der Waals surface area contributed by atoms with E-state index in [1.165, 1.54) is 12.3 Å². The van der Waals surface area contributed by atoms with E-state index in [1.807, 2.05) is 6.07 Å². The summed E-state index contributed by atoms with van der Waals surface area (Å²) in [6.07, 6.45) is 0.279. The van der Waals surface area contributed by atoms with Crippen LogP contribution in [0.3, 0.4) is 0 Å². The minimum absolute atomic E-state index is 0.00956. The van der Waals surface area contributed by atoms with Crippen molar-refractivity contribution in [3.05, 3.63) is 53.1 Å². The highest BCUT2D eigenvalue weighted by atomic mass is 32.2. The van der Waals surface area contributed by atoms with E-state index >= 15 is 0 Å². The molecule has 2 aromatic rings. The lowest BCUT2D eigenvalue weighted by molar-refractivity contribution is -0.184. The van der Waals surface area contributed by atoms with Crippen LogP contribution in [0.15, 0.2) is 35.5 Å². The molecule has 0 bridgehead atoms. The standard InChI is InChI=1S/C27H35F3N4O3S/c1-4-38(36,37)23-10-9-22(31-14-23)13-33-26(35)19-11-20-16-34(25(17(2)3)24(20)32-12-19)15-18-5-7-21(8-6-18)27(28,29)30/h9-12,14,17-18,21,25H,4-8,13,15-16H2,1-3H3,(H,33,35)/t18?,21?,25-/m1/s1. The van der Waals surface area contributed by atoms with Gasteiger partial charge in [-0.05, 0) is 61.3 Å². The van der Waals surface area contributed by atoms with Crippen molar-refractivity contribution in [2.75, 3.05) is 12.3 Å². The van der Waals surface area contributed by atoms with Gasteiger partial charge >= 0.3 is 6.18 Å². The maximum absolute atomic E-state index is 13.1. The van der Waals surface area contributed by atoms with Gasteiger partial charge in [0.05, 0.1) is 46.1 Å². The summed E-state index contributed by atoms with van der Waals surface area (Å²) in [6, 6.07) is 4.97. The van der Waals surface area contributed by atoms with E-state index < -0.39 is 21.9 Å². The van der Waals surface area contributed by atoms with Crippen LogP contribution in [0, 0.1) is 17.8 Å². The van der Waals surface area contributed by atoms with Gasteiger partial charge < -0.3 is 5.32 Å². The Balaban J connectivity index is 1.38. The zero-order valence-electron chi connectivity index (χ0n) is 22.0. The Bertz CT molecular complexity index is 1240. The summed E-state index contributed by atoms with van der Waals surface area (Å²) in [6.45, 7) is 7.27. The van der Waals surface area contributed by atoms with Crippen LogP contribution in [-0.4, -0.2) is 47.7 Å². The van der Waals surface area contributed by atoms with Crippen LogP contribution < -0.4 is 5.32 Å². The third kappa shape index (κ3) is 6.36. The Kier molecular flexibility index (Phi) is 8.46. The number of carbonyl (C=O) groups excluding carboxylic acids is 1. The summed E-state index contributed by atoms with van der Waals surface area (Å²) in [5.74, 6) is -1.02. The number of alkyl halides is 3. The number of pyridine rings is 2. The van der Waals surface area contributed by atoms with Crippen LogP contribution in [-0.2, 0) is 22.9 Å². The van der Waals surface area contributed by atoms with Crippen molar-refractivity contribution in [3.8, 4) is 0 Å². The Morgan fingerprint density at radius 3 is 2.42 bits per heavy atom. The summed E-state index contributed by atoms with van der Waals surface area (Å²) in [4.78, 5) is 24.1. The van der Waals surface area contributed by atoms with Gasteiger partial charge in [0.1, 0.15) is 0 Å². The molecule has 7 nitrogen and oxygen atoms in total. The van der Waals surface area contributed by atoms with Crippen LogP contribution in [0.4, 0.5) is 13.2 Å². The molecule has 2 aromatic heterocycles. The first-order valence-electron chi connectivity index (χ1n) is 13.1. The molecule has 1 saturated carbocycles. The number of fused-ring (bicyclic) bond motifs is 1. The second-order valence-corrected chi connectivity index (χ2v) is 13.0. The first-order chi connectivity index (χ1) is 17.9. The summed E-state index contributed by atoms with van der Waals surface area (Å²) in [5.41, 5.74) is 2.85. The molecule has 11 heteroatoms. The Labute approximate surface area is 222 Å². The maximum Gasteiger partial charge on any atom is 0.391 e. The van der Waals surface area contributed by atoms with Gasteiger partial charge in [0, 0.05) is 25.5 Å². The molecule has 1 fully saturated rings. The van der Waals surface area contributed by atoms with Gasteiger partial charge in [-0.25, -0.2) is 8.42 Å². The fourth-order valence-corrected chi connectivity index (χ4v) is 6.41. The molecule has 2 aliphatic rings. The van der Waals surface area contributed by atoms with Crippen LogP contribution in [0.5, 0.6) is 0 Å². The lowest BCUT2D eigenvalue weighted by Gasteiger charge is -2.35. The highest BCUT2D eigenvalue weighted by Crippen LogP contribution is 2.43. The van der Waals surface area contributed by atoms with Crippen molar-refractivity contribution in [1.82, 2.24) is 20.2 Å². The number of hydrogen-bond donors (Lipinski definition) is 1. The molecule has 1 atom stereocenters. The van der Waals surface area contributed by atoms with Crippen LogP contribution in [0.1, 0.15) is 79.8 Å². The molecule has 4 rings (SSSR count). The van der Waals surface area contributed by atoms with Gasteiger partial charge in [0.15, 0.2) is 9.84 Å². The molecule has 38 heavy (non-hydrogen) atoms. The number of nitrogens with zero attached hydrogens (tertiary/aromatic N) is 3. The minimum atomic E-state index is -4.11. The van der Waals surface area contributed by atoms with E-state index in [9.17, 15) is 26.4 Å². The molecule has 1 N–H and O–H groups in total. The predicted octanol–water partition coefficient (Wildman–Crippen LogP) is 5.08. The van der Waals surface area contributed by atoms with Crippen LogP contribution in [0.25, 0.3) is 0 Å². The number of nitrogens with one attached hydrogen (secondary N) is 1. The summed E-state index contributed by atoms with van der Waals surface area (Å²) in [5, 5.41) is 2.81. The average Bonchev–Trinajstić information content (AvgIpc) is 3.24. The van der Waals surface area contributed by atoms with E-state index in [2.05, 4.69) is 34.0 Å². The van der Waals surface area contributed by atoms with Gasteiger partial charge in [0.2, 0.25) is 0 Å². The lowest BCUT2D eigenvalue weighted by Crippen LogP contribution is -2.35. The molecule has 1 aliphatic carbocycles. The van der Waals surface area contributed by atoms with E-state index in [0.717, 1.165) is 17.8 Å². The molecule has 208 valence electrons. The molecule has 1 amide bonds. The molecule has 0 aromatic carbocycles. The molecular weight excluding hydrogens is 517 g/mol.